The van der Waals surface area contributed by atoms with Gasteiger partial charge in [0.25, 0.3) is 0 Å². The van der Waals surface area contributed by atoms with Crippen molar-refractivity contribution in [1.82, 2.24) is 0 Å². The van der Waals surface area contributed by atoms with E-state index >= 15 is 0 Å². The summed E-state index contributed by atoms with van der Waals surface area (Å²) in [6, 6.07) is 15.5. The van der Waals surface area contributed by atoms with Gasteiger partial charge in [0.15, 0.2) is 5.78 Å². The summed E-state index contributed by atoms with van der Waals surface area (Å²) in [7, 11) is 0. The van der Waals surface area contributed by atoms with E-state index < -0.39 is 0 Å². The predicted octanol–water partition coefficient (Wildman–Crippen LogP) is 4.52. The molecule has 0 bridgehead atoms. The standard InChI is InChI=1S/C18H17NO/c1-3-5-18(20)17-11-16(9-8-13(17)2)15-7-4-6-14(10-15)12-19/h4,6-11H,3,5H2,1-2H3. The molecule has 0 radical (unpaired) electrons. The van der Waals surface area contributed by atoms with Gasteiger partial charge < -0.3 is 0 Å². The number of hydrogen-bond donors (Lipinski definition) is 0. The Morgan fingerprint density at radius 2 is 1.90 bits per heavy atom. The van der Waals surface area contributed by atoms with Gasteiger partial charge in [-0.15, -0.1) is 0 Å². The van der Waals surface area contributed by atoms with Crippen molar-refractivity contribution in [2.45, 2.75) is 26.7 Å². The van der Waals surface area contributed by atoms with E-state index in [1.165, 1.54) is 0 Å². The van der Waals surface area contributed by atoms with Crippen LogP contribution in [0.5, 0.6) is 0 Å². The number of carbonyl (C=O) groups excluding carboxylic acids is 1. The predicted molar refractivity (Wildman–Crippen MR) is 80.6 cm³/mol. The quantitative estimate of drug-likeness (QED) is 0.761. The third-order valence-electron chi connectivity index (χ3n) is 3.34. The smallest absolute Gasteiger partial charge is 0.163 e. The van der Waals surface area contributed by atoms with E-state index in [1.807, 2.05) is 50.2 Å². The van der Waals surface area contributed by atoms with Crippen molar-refractivity contribution in [1.29, 1.82) is 5.26 Å². The molecule has 0 N–H and O–H groups in total. The molecule has 0 heterocycles. The van der Waals surface area contributed by atoms with Gasteiger partial charge in [-0.1, -0.05) is 31.2 Å². The lowest BCUT2D eigenvalue weighted by molar-refractivity contribution is 0.0981. The first kappa shape index (κ1) is 14.0. The minimum absolute atomic E-state index is 0.184. The molecule has 2 rings (SSSR count). The second-order valence-electron chi connectivity index (χ2n) is 4.90. The minimum atomic E-state index is 0.184. The van der Waals surface area contributed by atoms with Crippen LogP contribution in [-0.2, 0) is 0 Å². The van der Waals surface area contributed by atoms with Crippen molar-refractivity contribution < 1.29 is 4.79 Å². The molecule has 0 aliphatic carbocycles. The summed E-state index contributed by atoms with van der Waals surface area (Å²) in [6.07, 6.45) is 1.43. The topological polar surface area (TPSA) is 40.9 Å². The van der Waals surface area contributed by atoms with Gasteiger partial charge in [-0.25, -0.2) is 0 Å². The van der Waals surface area contributed by atoms with Crippen LogP contribution < -0.4 is 0 Å². The summed E-state index contributed by atoms with van der Waals surface area (Å²) < 4.78 is 0. The normalized spacial score (nSPS) is 10.1. The van der Waals surface area contributed by atoms with Gasteiger partial charge in [-0.2, -0.15) is 5.26 Å². The van der Waals surface area contributed by atoms with Gasteiger partial charge in [0.1, 0.15) is 0 Å². The lowest BCUT2D eigenvalue weighted by Crippen LogP contribution is -2.01. The molecule has 0 spiro atoms. The highest BCUT2D eigenvalue weighted by Gasteiger charge is 2.10. The fourth-order valence-electron chi connectivity index (χ4n) is 2.23. The highest BCUT2D eigenvalue weighted by atomic mass is 16.1. The highest BCUT2D eigenvalue weighted by Crippen LogP contribution is 2.24. The van der Waals surface area contributed by atoms with E-state index in [-0.39, 0.29) is 5.78 Å². The molecular formula is C18H17NO. The summed E-state index contributed by atoms with van der Waals surface area (Å²) in [5.41, 5.74) is 4.36. The second kappa shape index (κ2) is 6.16. The van der Waals surface area contributed by atoms with Crippen LogP contribution in [0.1, 0.15) is 41.3 Å². The molecule has 0 fully saturated rings. The number of carbonyl (C=O) groups is 1. The van der Waals surface area contributed by atoms with E-state index in [9.17, 15) is 4.79 Å². The maximum Gasteiger partial charge on any atom is 0.163 e. The Morgan fingerprint density at radius 3 is 2.60 bits per heavy atom. The summed E-state index contributed by atoms with van der Waals surface area (Å²) in [5, 5.41) is 8.96. The van der Waals surface area contributed by atoms with Crippen molar-refractivity contribution in [2.24, 2.45) is 0 Å². The molecule has 0 saturated carbocycles. The van der Waals surface area contributed by atoms with Gasteiger partial charge in [-0.05, 0) is 48.2 Å². The zero-order chi connectivity index (χ0) is 14.5. The number of nitrogens with zero attached hydrogens (tertiary/aromatic N) is 1. The number of Topliss-reactive ketones (excluding diaryl/α,β-unsaturated/α-hetero) is 1. The zero-order valence-electron chi connectivity index (χ0n) is 11.8. The number of benzene rings is 2. The Hall–Kier alpha value is -2.40. The third kappa shape index (κ3) is 2.95. The molecule has 2 heteroatoms. The molecule has 0 unspecified atom stereocenters. The Morgan fingerprint density at radius 1 is 1.15 bits per heavy atom. The first-order chi connectivity index (χ1) is 9.65. The summed E-state index contributed by atoms with van der Waals surface area (Å²) in [5.74, 6) is 0.184. The van der Waals surface area contributed by atoms with Gasteiger partial charge in [0, 0.05) is 12.0 Å². The van der Waals surface area contributed by atoms with Crippen LogP contribution in [-0.4, -0.2) is 5.78 Å². The number of rotatable bonds is 4. The number of hydrogen-bond acceptors (Lipinski definition) is 2. The maximum atomic E-state index is 12.1. The molecule has 2 aromatic rings. The Bertz CT molecular complexity index is 680. The summed E-state index contributed by atoms with van der Waals surface area (Å²) in [4.78, 5) is 12.1. The number of ketones is 1. The van der Waals surface area contributed by atoms with Crippen molar-refractivity contribution >= 4 is 5.78 Å². The fourth-order valence-corrected chi connectivity index (χ4v) is 2.23. The molecule has 20 heavy (non-hydrogen) atoms. The Balaban J connectivity index is 2.45. The highest BCUT2D eigenvalue weighted by molar-refractivity contribution is 5.98. The van der Waals surface area contributed by atoms with Crippen LogP contribution in [0.2, 0.25) is 0 Å². The van der Waals surface area contributed by atoms with Gasteiger partial charge >= 0.3 is 0 Å². The lowest BCUT2D eigenvalue weighted by atomic mass is 9.95. The van der Waals surface area contributed by atoms with Crippen LogP contribution in [0.3, 0.4) is 0 Å². The van der Waals surface area contributed by atoms with Crippen molar-refractivity contribution in [3.05, 3.63) is 59.2 Å². The van der Waals surface area contributed by atoms with E-state index in [4.69, 9.17) is 5.26 Å². The van der Waals surface area contributed by atoms with Crippen molar-refractivity contribution in [2.75, 3.05) is 0 Å². The second-order valence-corrected chi connectivity index (χ2v) is 4.90. The van der Waals surface area contributed by atoms with Crippen molar-refractivity contribution in [3.63, 3.8) is 0 Å². The third-order valence-corrected chi connectivity index (χ3v) is 3.34. The largest absolute Gasteiger partial charge is 0.294 e. The van der Waals surface area contributed by atoms with E-state index in [1.54, 1.807) is 6.07 Å². The first-order valence-corrected chi connectivity index (χ1v) is 6.80. The van der Waals surface area contributed by atoms with Gasteiger partial charge in [-0.3, -0.25) is 4.79 Å². The molecule has 0 aliphatic heterocycles. The minimum Gasteiger partial charge on any atom is -0.294 e. The molecule has 0 aliphatic rings. The molecule has 2 nitrogen and oxygen atoms in total. The van der Waals surface area contributed by atoms with E-state index in [0.717, 1.165) is 28.7 Å². The Kier molecular flexibility index (Phi) is 4.32. The van der Waals surface area contributed by atoms with Crippen LogP contribution in [0.25, 0.3) is 11.1 Å². The number of nitriles is 1. The lowest BCUT2D eigenvalue weighted by Gasteiger charge is -2.08. The van der Waals surface area contributed by atoms with Crippen LogP contribution in [0, 0.1) is 18.3 Å². The number of aryl methyl sites for hydroxylation is 1. The van der Waals surface area contributed by atoms with Gasteiger partial charge in [0.2, 0.25) is 0 Å². The fraction of sp³-hybridized carbons (Fsp3) is 0.222. The molecule has 2 aromatic carbocycles. The molecule has 100 valence electrons. The van der Waals surface area contributed by atoms with Crippen LogP contribution >= 0.6 is 0 Å². The molecule has 0 aromatic heterocycles. The Labute approximate surface area is 119 Å². The monoisotopic (exact) mass is 263 g/mol. The zero-order valence-corrected chi connectivity index (χ0v) is 11.8. The molecular weight excluding hydrogens is 246 g/mol. The molecule has 0 atom stereocenters. The molecule has 0 amide bonds. The summed E-state index contributed by atoms with van der Waals surface area (Å²) >= 11 is 0. The SMILES string of the molecule is CCCC(=O)c1cc(-c2cccc(C#N)c2)ccc1C. The average molecular weight is 263 g/mol. The van der Waals surface area contributed by atoms with Gasteiger partial charge in [0.05, 0.1) is 11.6 Å². The maximum absolute atomic E-state index is 12.1. The van der Waals surface area contributed by atoms with Crippen LogP contribution in [0.4, 0.5) is 0 Å². The van der Waals surface area contributed by atoms with Crippen molar-refractivity contribution in [3.8, 4) is 17.2 Å². The summed E-state index contributed by atoms with van der Waals surface area (Å²) in [6.45, 7) is 3.96. The van der Waals surface area contributed by atoms with E-state index in [0.29, 0.717) is 12.0 Å². The first-order valence-electron chi connectivity index (χ1n) is 6.80. The average Bonchev–Trinajstić information content (AvgIpc) is 2.48. The van der Waals surface area contributed by atoms with E-state index in [2.05, 4.69) is 6.07 Å². The van der Waals surface area contributed by atoms with Crippen LogP contribution in [0.15, 0.2) is 42.5 Å². The molecule has 0 saturated heterocycles.